The molecule has 0 aromatic heterocycles. The maximum absolute atomic E-state index is 13.7. The maximum Gasteiger partial charge on any atom is 0.309 e. The van der Waals surface area contributed by atoms with Gasteiger partial charge in [-0.3, -0.25) is 9.59 Å². The Kier molecular flexibility index (Phi) is 6.67. The first-order valence-electron chi connectivity index (χ1n) is 11.5. The largest absolute Gasteiger partial charge is 0.469 e. The molecule has 3 aliphatic rings. The third kappa shape index (κ3) is 4.22. The van der Waals surface area contributed by atoms with Crippen molar-refractivity contribution >= 4 is 20.1 Å². The molecule has 1 spiro atoms. The standard InChI is InChI=1S/C23H41NO4Si/c1-22(2,3)29(5,6)28-19-15-17-13-16(21(26)27-4)14-20(25)23(17)10-8-12-24-11-7-9-18(19)23/h16-19,24H,7-15H2,1-6H3/t16-,17-,18-,19+,23-/m0/s1. The molecule has 2 aliphatic carbocycles. The molecular formula is C23H41NO4Si. The zero-order valence-corrected chi connectivity index (χ0v) is 20.3. The van der Waals surface area contributed by atoms with Crippen molar-refractivity contribution in [2.75, 3.05) is 20.2 Å². The Hall–Kier alpha value is -0.723. The van der Waals surface area contributed by atoms with Crippen molar-refractivity contribution in [3.63, 3.8) is 0 Å². The highest BCUT2D eigenvalue weighted by Crippen LogP contribution is 2.60. The smallest absolute Gasteiger partial charge is 0.309 e. The van der Waals surface area contributed by atoms with Crippen molar-refractivity contribution in [3.05, 3.63) is 0 Å². The molecule has 1 aliphatic heterocycles. The van der Waals surface area contributed by atoms with Gasteiger partial charge in [0, 0.05) is 17.9 Å². The van der Waals surface area contributed by atoms with Gasteiger partial charge in [0.05, 0.1) is 13.0 Å². The highest BCUT2D eigenvalue weighted by Gasteiger charge is 2.62. The van der Waals surface area contributed by atoms with E-state index in [4.69, 9.17) is 9.16 Å². The highest BCUT2D eigenvalue weighted by atomic mass is 28.4. The second-order valence-electron chi connectivity index (χ2n) is 11.1. The minimum Gasteiger partial charge on any atom is -0.469 e. The Morgan fingerprint density at radius 1 is 1.17 bits per heavy atom. The van der Waals surface area contributed by atoms with Crippen LogP contribution in [0.15, 0.2) is 0 Å². The van der Waals surface area contributed by atoms with E-state index in [0.29, 0.717) is 12.2 Å². The molecule has 3 fully saturated rings. The highest BCUT2D eigenvalue weighted by molar-refractivity contribution is 6.74. The van der Waals surface area contributed by atoms with Crippen molar-refractivity contribution < 1.29 is 18.8 Å². The number of hydrogen-bond acceptors (Lipinski definition) is 5. The minimum atomic E-state index is -1.94. The summed E-state index contributed by atoms with van der Waals surface area (Å²) in [6.45, 7) is 13.5. The summed E-state index contributed by atoms with van der Waals surface area (Å²) in [6.07, 6.45) is 6.26. The van der Waals surface area contributed by atoms with E-state index in [-0.39, 0.29) is 40.3 Å². The number of rotatable bonds is 3. The van der Waals surface area contributed by atoms with E-state index < -0.39 is 8.32 Å². The zero-order valence-electron chi connectivity index (χ0n) is 19.3. The van der Waals surface area contributed by atoms with Crippen LogP contribution in [0.2, 0.25) is 18.1 Å². The quantitative estimate of drug-likeness (QED) is 0.541. The van der Waals surface area contributed by atoms with Crippen LogP contribution < -0.4 is 5.32 Å². The molecule has 0 aromatic carbocycles. The lowest BCUT2D eigenvalue weighted by molar-refractivity contribution is -0.155. The molecule has 6 heteroatoms. The first-order chi connectivity index (χ1) is 13.5. The van der Waals surface area contributed by atoms with Crippen LogP contribution in [0.25, 0.3) is 0 Å². The van der Waals surface area contributed by atoms with Gasteiger partial charge in [0.2, 0.25) is 0 Å². The zero-order chi connectivity index (χ0) is 21.4. The predicted molar refractivity (Wildman–Crippen MR) is 117 cm³/mol. The third-order valence-corrected chi connectivity index (χ3v) is 13.0. The molecule has 0 aromatic rings. The summed E-state index contributed by atoms with van der Waals surface area (Å²) in [4.78, 5) is 25.9. The van der Waals surface area contributed by atoms with Gasteiger partial charge in [-0.05, 0) is 81.6 Å². The Labute approximate surface area is 177 Å². The van der Waals surface area contributed by atoms with Crippen LogP contribution in [-0.2, 0) is 18.8 Å². The lowest BCUT2D eigenvalue weighted by atomic mass is 9.58. The van der Waals surface area contributed by atoms with Crippen LogP contribution in [-0.4, -0.2) is 46.4 Å². The van der Waals surface area contributed by atoms with Crippen LogP contribution in [0.3, 0.4) is 0 Å². The lowest BCUT2D eigenvalue weighted by Crippen LogP contribution is -2.49. The van der Waals surface area contributed by atoms with E-state index in [0.717, 1.165) is 51.6 Å². The molecule has 2 saturated carbocycles. The molecule has 5 atom stereocenters. The second kappa shape index (κ2) is 8.43. The molecule has 3 rings (SSSR count). The Bertz CT molecular complexity index is 629. The molecule has 5 nitrogen and oxygen atoms in total. The number of ketones is 1. The van der Waals surface area contributed by atoms with Gasteiger partial charge in [-0.1, -0.05) is 20.8 Å². The third-order valence-electron chi connectivity index (χ3n) is 8.48. The molecule has 0 amide bonds. The van der Waals surface area contributed by atoms with Gasteiger partial charge >= 0.3 is 5.97 Å². The normalized spacial score (nSPS) is 36.4. The monoisotopic (exact) mass is 423 g/mol. The number of hydrogen-bond donors (Lipinski definition) is 1. The SMILES string of the molecule is COC(=O)[C@@H]1CC(=O)[C@]23CCCNCCC[C@H]2[C@H](O[Si](C)(C)C(C)(C)C)C[C@@H]3C1. The average Bonchev–Trinajstić information content (AvgIpc) is 2.97. The number of esters is 1. The number of carbonyl (C=O) groups excluding carboxylic acids is 2. The number of methoxy groups -OCH3 is 1. The van der Waals surface area contributed by atoms with Gasteiger partial charge in [0.1, 0.15) is 5.78 Å². The Morgan fingerprint density at radius 2 is 1.86 bits per heavy atom. The topological polar surface area (TPSA) is 64.6 Å². The van der Waals surface area contributed by atoms with Crippen molar-refractivity contribution in [2.24, 2.45) is 23.2 Å². The Morgan fingerprint density at radius 3 is 2.52 bits per heavy atom. The maximum atomic E-state index is 13.7. The van der Waals surface area contributed by atoms with Crippen LogP contribution in [0, 0.1) is 23.2 Å². The molecule has 166 valence electrons. The van der Waals surface area contributed by atoms with Crippen LogP contribution in [0.1, 0.15) is 65.7 Å². The first kappa shape index (κ1) is 23.0. The summed E-state index contributed by atoms with van der Waals surface area (Å²) in [5, 5.41) is 3.67. The number of ether oxygens (including phenoxy) is 1. The molecule has 0 unspecified atom stereocenters. The summed E-state index contributed by atoms with van der Waals surface area (Å²) in [6, 6.07) is 0. The molecule has 1 saturated heterocycles. The van der Waals surface area contributed by atoms with Crippen molar-refractivity contribution in [1.29, 1.82) is 0 Å². The van der Waals surface area contributed by atoms with Gasteiger partial charge in [0.15, 0.2) is 8.32 Å². The van der Waals surface area contributed by atoms with Gasteiger partial charge in [-0.25, -0.2) is 0 Å². The van der Waals surface area contributed by atoms with Gasteiger partial charge in [0.25, 0.3) is 0 Å². The van der Waals surface area contributed by atoms with Crippen molar-refractivity contribution in [2.45, 2.75) is 90.0 Å². The fourth-order valence-corrected chi connectivity index (χ4v) is 7.32. The van der Waals surface area contributed by atoms with Gasteiger partial charge in [-0.15, -0.1) is 0 Å². The molecule has 0 bridgehead atoms. The molecule has 0 radical (unpaired) electrons. The fraction of sp³-hybridized carbons (Fsp3) is 0.913. The van der Waals surface area contributed by atoms with Gasteiger partial charge < -0.3 is 14.5 Å². The van der Waals surface area contributed by atoms with Crippen LogP contribution in [0.4, 0.5) is 0 Å². The number of nitrogens with one attached hydrogen (secondary N) is 1. The summed E-state index contributed by atoms with van der Waals surface area (Å²) in [5.74, 6) is 0.333. The van der Waals surface area contributed by atoms with E-state index in [9.17, 15) is 9.59 Å². The average molecular weight is 424 g/mol. The molecular weight excluding hydrogens is 382 g/mol. The van der Waals surface area contributed by atoms with Crippen molar-refractivity contribution in [1.82, 2.24) is 5.32 Å². The second-order valence-corrected chi connectivity index (χ2v) is 15.8. The van der Waals surface area contributed by atoms with E-state index >= 15 is 0 Å². The van der Waals surface area contributed by atoms with Gasteiger partial charge in [-0.2, -0.15) is 0 Å². The predicted octanol–water partition coefficient (Wildman–Crippen LogP) is 4.32. The summed E-state index contributed by atoms with van der Waals surface area (Å²) in [5.41, 5.74) is -0.302. The van der Waals surface area contributed by atoms with Crippen molar-refractivity contribution in [3.8, 4) is 0 Å². The fourth-order valence-electron chi connectivity index (χ4n) is 5.95. The molecule has 29 heavy (non-hydrogen) atoms. The van der Waals surface area contributed by atoms with Crippen LogP contribution >= 0.6 is 0 Å². The first-order valence-corrected chi connectivity index (χ1v) is 14.4. The van der Waals surface area contributed by atoms with E-state index in [2.05, 4.69) is 39.2 Å². The van der Waals surface area contributed by atoms with E-state index in [1.54, 1.807) is 0 Å². The number of carbonyl (C=O) groups is 2. The van der Waals surface area contributed by atoms with Crippen LogP contribution in [0.5, 0.6) is 0 Å². The summed E-state index contributed by atoms with van der Waals surface area (Å²) < 4.78 is 12.0. The van der Waals surface area contributed by atoms with E-state index in [1.807, 2.05) is 0 Å². The lowest BCUT2D eigenvalue weighted by Gasteiger charge is -2.45. The summed E-state index contributed by atoms with van der Waals surface area (Å²) >= 11 is 0. The molecule has 1 N–H and O–H groups in total. The Balaban J connectivity index is 1.95. The number of Topliss-reactive ketones (excluding diaryl/α,β-unsaturated/α-hetero) is 1. The summed E-state index contributed by atoms with van der Waals surface area (Å²) in [7, 11) is -0.508. The van der Waals surface area contributed by atoms with E-state index in [1.165, 1.54) is 7.11 Å². The molecule has 1 heterocycles. The minimum absolute atomic E-state index is 0.138.